The van der Waals surface area contributed by atoms with Crippen molar-refractivity contribution in [3.63, 3.8) is 0 Å². The minimum absolute atomic E-state index is 0.0459. The molecule has 2 atom stereocenters. The van der Waals surface area contributed by atoms with Crippen LogP contribution < -0.4 is 5.73 Å². The summed E-state index contributed by atoms with van der Waals surface area (Å²) in [5.74, 6) is -0.892. The maximum absolute atomic E-state index is 12.5. The Morgan fingerprint density at radius 1 is 0.588 bits per heavy atom. The van der Waals surface area contributed by atoms with Crippen molar-refractivity contribution in [2.75, 3.05) is 26.4 Å². The highest BCUT2D eigenvalue weighted by molar-refractivity contribution is 7.47. The normalized spacial score (nSPS) is 13.7. The standard InChI is InChI=1S/C41H76NO8P/c1-3-5-7-9-11-13-15-17-18-19-20-22-24-26-28-30-32-34-41(44)50-39(38-49-51(45,46)48-36-35-42)37-47-40(43)33-31-29-27-25-23-21-16-14-12-10-8-6-4-2/h14,16,20,22,26,28,39H,3-13,15,17-19,21,23-25,27,29-38,42H2,1-2H3,(H,45,46)/b16-14+,22-20+,28-26+/t39-/m1/s1. The van der Waals surface area contributed by atoms with Crippen LogP contribution in [0.1, 0.15) is 181 Å². The summed E-state index contributed by atoms with van der Waals surface area (Å²) in [5.41, 5.74) is 5.33. The topological polar surface area (TPSA) is 134 Å². The molecule has 0 aromatic rings. The number of allylic oxidation sites excluding steroid dienone is 6. The Morgan fingerprint density at radius 2 is 1.04 bits per heavy atom. The van der Waals surface area contributed by atoms with E-state index in [4.69, 9.17) is 24.3 Å². The Kier molecular flexibility index (Phi) is 36.7. The summed E-state index contributed by atoms with van der Waals surface area (Å²) in [7, 11) is -4.38. The largest absolute Gasteiger partial charge is 0.472 e. The molecule has 0 aliphatic heterocycles. The first kappa shape index (κ1) is 49.2. The van der Waals surface area contributed by atoms with Crippen molar-refractivity contribution in [3.8, 4) is 0 Å². The van der Waals surface area contributed by atoms with E-state index in [2.05, 4.69) is 50.3 Å². The fourth-order valence-corrected chi connectivity index (χ4v) is 6.20. The molecule has 0 aliphatic carbocycles. The van der Waals surface area contributed by atoms with Gasteiger partial charge in [-0.3, -0.25) is 18.6 Å². The molecule has 0 amide bonds. The number of hydrogen-bond acceptors (Lipinski definition) is 8. The molecule has 0 bridgehead atoms. The van der Waals surface area contributed by atoms with E-state index in [1.165, 1.54) is 89.9 Å². The number of rotatable bonds is 38. The first-order valence-corrected chi connectivity index (χ1v) is 22.0. The predicted octanol–water partition coefficient (Wildman–Crippen LogP) is 11.4. The molecule has 0 aliphatic rings. The summed E-state index contributed by atoms with van der Waals surface area (Å²) in [5, 5.41) is 0. The Bertz CT molecular complexity index is 939. The molecule has 0 rings (SSSR count). The Hall–Kier alpha value is -1.77. The molecule has 51 heavy (non-hydrogen) atoms. The van der Waals surface area contributed by atoms with E-state index < -0.39 is 32.5 Å². The molecule has 0 aromatic heterocycles. The van der Waals surface area contributed by atoms with E-state index in [0.717, 1.165) is 51.4 Å². The van der Waals surface area contributed by atoms with Gasteiger partial charge in [-0.2, -0.15) is 0 Å². The van der Waals surface area contributed by atoms with E-state index in [-0.39, 0.29) is 32.6 Å². The molecule has 298 valence electrons. The first-order valence-electron chi connectivity index (χ1n) is 20.5. The average Bonchev–Trinajstić information content (AvgIpc) is 3.11. The van der Waals surface area contributed by atoms with Crippen LogP contribution in [0.3, 0.4) is 0 Å². The number of phosphoric ester groups is 1. The lowest BCUT2D eigenvalue weighted by molar-refractivity contribution is -0.161. The third kappa shape index (κ3) is 37.8. The van der Waals surface area contributed by atoms with Crippen LogP contribution in [0.2, 0.25) is 0 Å². The van der Waals surface area contributed by atoms with Gasteiger partial charge in [0.1, 0.15) is 6.61 Å². The van der Waals surface area contributed by atoms with Crippen LogP contribution in [-0.4, -0.2) is 49.3 Å². The van der Waals surface area contributed by atoms with Crippen molar-refractivity contribution < 1.29 is 37.6 Å². The minimum atomic E-state index is -4.38. The number of carbonyl (C=O) groups is 2. The lowest BCUT2D eigenvalue weighted by Crippen LogP contribution is -2.29. The highest BCUT2D eigenvalue weighted by Crippen LogP contribution is 2.43. The van der Waals surface area contributed by atoms with E-state index >= 15 is 0 Å². The number of unbranched alkanes of at least 4 members (excludes halogenated alkanes) is 19. The fraction of sp³-hybridized carbons (Fsp3) is 0.805. The number of phosphoric acid groups is 1. The number of nitrogens with two attached hydrogens (primary N) is 1. The molecule has 0 saturated heterocycles. The molecule has 0 radical (unpaired) electrons. The monoisotopic (exact) mass is 742 g/mol. The fourth-order valence-electron chi connectivity index (χ4n) is 5.43. The van der Waals surface area contributed by atoms with Gasteiger partial charge in [0.25, 0.3) is 0 Å². The van der Waals surface area contributed by atoms with E-state index in [9.17, 15) is 19.0 Å². The molecule has 1 unspecified atom stereocenters. The molecule has 9 nitrogen and oxygen atoms in total. The van der Waals surface area contributed by atoms with Gasteiger partial charge in [0.15, 0.2) is 6.10 Å². The van der Waals surface area contributed by atoms with Gasteiger partial charge < -0.3 is 20.1 Å². The van der Waals surface area contributed by atoms with E-state index in [0.29, 0.717) is 12.8 Å². The molecule has 0 fully saturated rings. The van der Waals surface area contributed by atoms with Crippen LogP contribution in [-0.2, 0) is 32.7 Å². The zero-order chi connectivity index (χ0) is 37.5. The number of carbonyl (C=O) groups excluding carboxylic acids is 2. The van der Waals surface area contributed by atoms with Gasteiger partial charge in [0, 0.05) is 19.4 Å². The smallest absolute Gasteiger partial charge is 0.462 e. The Balaban J connectivity index is 4.26. The maximum atomic E-state index is 12.5. The van der Waals surface area contributed by atoms with Gasteiger partial charge in [-0.15, -0.1) is 0 Å². The maximum Gasteiger partial charge on any atom is 0.472 e. The van der Waals surface area contributed by atoms with Crippen molar-refractivity contribution in [1.29, 1.82) is 0 Å². The Labute approximate surface area is 312 Å². The number of esters is 2. The second-order valence-electron chi connectivity index (χ2n) is 13.5. The molecule has 10 heteroatoms. The molecule has 0 spiro atoms. The second kappa shape index (κ2) is 38.0. The van der Waals surface area contributed by atoms with Crippen LogP contribution in [0.25, 0.3) is 0 Å². The number of hydrogen-bond donors (Lipinski definition) is 2. The van der Waals surface area contributed by atoms with Crippen molar-refractivity contribution in [1.82, 2.24) is 0 Å². The SMILES string of the molecule is CCCCCC/C=C/CCCCCCCC(=O)OC[C@H](COP(=O)(O)OCCN)OC(=O)CCC/C=C/C/C=C/CCCCCCCCCCC. The zero-order valence-corrected chi connectivity index (χ0v) is 33.5. The van der Waals surface area contributed by atoms with Crippen molar-refractivity contribution in [3.05, 3.63) is 36.5 Å². The zero-order valence-electron chi connectivity index (χ0n) is 32.6. The van der Waals surface area contributed by atoms with Crippen molar-refractivity contribution in [2.45, 2.75) is 187 Å². The molecule has 0 heterocycles. The van der Waals surface area contributed by atoms with Crippen LogP contribution in [0.15, 0.2) is 36.5 Å². The third-order valence-electron chi connectivity index (χ3n) is 8.50. The van der Waals surface area contributed by atoms with Gasteiger partial charge in [0.05, 0.1) is 13.2 Å². The van der Waals surface area contributed by atoms with Gasteiger partial charge in [-0.1, -0.05) is 140 Å². The summed E-state index contributed by atoms with van der Waals surface area (Å²) in [6.45, 7) is 3.65. The lowest BCUT2D eigenvalue weighted by atomic mass is 10.1. The second-order valence-corrected chi connectivity index (χ2v) is 14.9. The van der Waals surface area contributed by atoms with Crippen molar-refractivity contribution >= 4 is 19.8 Å². The lowest BCUT2D eigenvalue weighted by Gasteiger charge is -2.19. The van der Waals surface area contributed by atoms with Crippen LogP contribution in [0.5, 0.6) is 0 Å². The van der Waals surface area contributed by atoms with Crippen LogP contribution in [0, 0.1) is 0 Å². The van der Waals surface area contributed by atoms with Gasteiger partial charge in [-0.25, -0.2) is 4.57 Å². The predicted molar refractivity (Wildman–Crippen MR) is 210 cm³/mol. The van der Waals surface area contributed by atoms with Gasteiger partial charge in [0.2, 0.25) is 0 Å². The van der Waals surface area contributed by atoms with Crippen LogP contribution >= 0.6 is 7.82 Å². The van der Waals surface area contributed by atoms with Gasteiger partial charge >= 0.3 is 19.8 Å². The summed E-state index contributed by atoms with van der Waals surface area (Å²) >= 11 is 0. The highest BCUT2D eigenvalue weighted by atomic mass is 31.2. The summed E-state index contributed by atoms with van der Waals surface area (Å²) < 4.78 is 32.6. The van der Waals surface area contributed by atoms with E-state index in [1.54, 1.807) is 0 Å². The first-order chi connectivity index (χ1) is 24.8. The quantitative estimate of drug-likeness (QED) is 0.0274. The molecular weight excluding hydrogens is 665 g/mol. The number of ether oxygens (including phenoxy) is 2. The van der Waals surface area contributed by atoms with E-state index in [1.807, 2.05) is 0 Å². The molecule has 0 aromatic carbocycles. The molecule has 0 saturated carbocycles. The van der Waals surface area contributed by atoms with Gasteiger partial charge in [-0.05, 0) is 64.2 Å². The average molecular weight is 742 g/mol. The third-order valence-corrected chi connectivity index (χ3v) is 9.48. The van der Waals surface area contributed by atoms with Crippen LogP contribution in [0.4, 0.5) is 0 Å². The summed E-state index contributed by atoms with van der Waals surface area (Å²) in [6.07, 6.45) is 40.4. The highest BCUT2D eigenvalue weighted by Gasteiger charge is 2.25. The summed E-state index contributed by atoms with van der Waals surface area (Å²) in [4.78, 5) is 34.7. The molecular formula is C41H76NO8P. The Morgan fingerprint density at radius 3 is 1.59 bits per heavy atom. The summed E-state index contributed by atoms with van der Waals surface area (Å²) in [6, 6.07) is 0. The van der Waals surface area contributed by atoms with Crippen molar-refractivity contribution in [2.24, 2.45) is 5.73 Å². The minimum Gasteiger partial charge on any atom is -0.462 e. The molecule has 3 N–H and O–H groups in total.